The summed E-state index contributed by atoms with van der Waals surface area (Å²) in [6.45, 7) is 0.0109. The number of aromatic hydroxyl groups is 2. The molecule has 0 aliphatic carbocycles. The van der Waals surface area contributed by atoms with Crippen molar-refractivity contribution < 1.29 is 34.8 Å². The number of hydrogen-bond acceptors (Lipinski definition) is 5. The highest BCUT2D eigenvalue weighted by Crippen LogP contribution is 2.27. The van der Waals surface area contributed by atoms with Crippen molar-refractivity contribution in [3.05, 3.63) is 58.7 Å². The number of hydrogen-bond donors (Lipinski definition) is 5. The Morgan fingerprint density at radius 2 is 1.68 bits per heavy atom. The lowest BCUT2D eigenvalue weighted by Crippen LogP contribution is -2.23. The molecule has 0 atom stereocenters. The Morgan fingerprint density at radius 1 is 0.960 bits per heavy atom. The molecule has 0 bridgehead atoms. The first-order valence-corrected chi connectivity index (χ1v) is 7.15. The summed E-state index contributed by atoms with van der Waals surface area (Å²) in [6, 6.07) is 7.98. The number of benzene rings is 2. The van der Waals surface area contributed by atoms with Crippen LogP contribution in [-0.2, 0) is 17.8 Å². The number of carboxylic acids is 2. The maximum atomic E-state index is 12.1. The first-order valence-electron chi connectivity index (χ1n) is 7.15. The van der Waals surface area contributed by atoms with Crippen LogP contribution in [0.1, 0.15) is 31.8 Å². The van der Waals surface area contributed by atoms with Crippen molar-refractivity contribution in [3.63, 3.8) is 0 Å². The fraction of sp³-hybridized carbons (Fsp3) is 0.118. The molecule has 2 rings (SSSR count). The molecule has 1 amide bonds. The van der Waals surface area contributed by atoms with Crippen molar-refractivity contribution >= 4 is 17.8 Å². The molecule has 0 unspecified atom stereocenters. The predicted molar refractivity (Wildman–Crippen MR) is 85.7 cm³/mol. The maximum absolute atomic E-state index is 12.1. The number of aliphatic carboxylic acids is 1. The third kappa shape index (κ3) is 4.47. The predicted octanol–water partition coefficient (Wildman–Crippen LogP) is 1.35. The van der Waals surface area contributed by atoms with E-state index in [0.29, 0.717) is 5.56 Å². The van der Waals surface area contributed by atoms with Gasteiger partial charge in [-0.2, -0.15) is 0 Å². The maximum Gasteiger partial charge on any atom is 0.335 e. The summed E-state index contributed by atoms with van der Waals surface area (Å²) in [6.07, 6.45) is -0.497. The minimum Gasteiger partial charge on any atom is -0.508 e. The molecule has 2 aromatic carbocycles. The van der Waals surface area contributed by atoms with Gasteiger partial charge in [0.25, 0.3) is 5.91 Å². The van der Waals surface area contributed by atoms with Gasteiger partial charge in [-0.3, -0.25) is 9.59 Å². The van der Waals surface area contributed by atoms with Crippen LogP contribution in [0.4, 0.5) is 0 Å². The number of nitrogens with one attached hydrogen (secondary N) is 1. The monoisotopic (exact) mass is 345 g/mol. The van der Waals surface area contributed by atoms with E-state index in [4.69, 9.17) is 10.2 Å². The lowest BCUT2D eigenvalue weighted by atomic mass is 10.1. The zero-order valence-corrected chi connectivity index (χ0v) is 12.9. The van der Waals surface area contributed by atoms with Crippen LogP contribution in [0.3, 0.4) is 0 Å². The van der Waals surface area contributed by atoms with Crippen molar-refractivity contribution in [2.24, 2.45) is 0 Å². The van der Waals surface area contributed by atoms with Crippen LogP contribution in [0.25, 0.3) is 0 Å². The third-order valence-electron chi connectivity index (χ3n) is 3.41. The van der Waals surface area contributed by atoms with E-state index < -0.39 is 35.8 Å². The zero-order valence-electron chi connectivity index (χ0n) is 12.9. The quantitative estimate of drug-likeness (QED) is 0.497. The molecule has 0 heterocycles. The molecule has 8 heteroatoms. The van der Waals surface area contributed by atoms with Crippen LogP contribution >= 0.6 is 0 Å². The van der Waals surface area contributed by atoms with E-state index in [-0.39, 0.29) is 23.2 Å². The van der Waals surface area contributed by atoms with Crippen LogP contribution in [0.2, 0.25) is 0 Å². The van der Waals surface area contributed by atoms with Gasteiger partial charge < -0.3 is 25.7 Å². The Morgan fingerprint density at radius 3 is 2.32 bits per heavy atom. The molecule has 0 aromatic heterocycles. The summed E-state index contributed by atoms with van der Waals surface area (Å²) in [7, 11) is 0. The minimum atomic E-state index is -1.19. The SMILES string of the molecule is O=C(O)Cc1cc(O)c(C(=O)NCc2cccc(C(=O)O)c2)cc1O. The van der Waals surface area contributed by atoms with Gasteiger partial charge in [-0.25, -0.2) is 4.79 Å². The molecule has 0 saturated heterocycles. The van der Waals surface area contributed by atoms with Crippen molar-refractivity contribution in [1.29, 1.82) is 0 Å². The first-order chi connectivity index (χ1) is 11.8. The van der Waals surface area contributed by atoms with Crippen LogP contribution < -0.4 is 5.32 Å². The molecule has 0 fully saturated rings. The number of phenols is 2. The van der Waals surface area contributed by atoms with E-state index in [1.54, 1.807) is 6.07 Å². The van der Waals surface area contributed by atoms with Gasteiger partial charge in [-0.15, -0.1) is 0 Å². The number of carbonyl (C=O) groups is 3. The van der Waals surface area contributed by atoms with Gasteiger partial charge in [0.1, 0.15) is 11.5 Å². The molecular formula is C17H15NO7. The van der Waals surface area contributed by atoms with Gasteiger partial charge in [0.15, 0.2) is 0 Å². The molecule has 25 heavy (non-hydrogen) atoms. The summed E-state index contributed by atoms with van der Waals surface area (Å²) in [4.78, 5) is 33.7. The topological polar surface area (TPSA) is 144 Å². The second-order valence-corrected chi connectivity index (χ2v) is 5.26. The normalized spacial score (nSPS) is 10.2. The Kier molecular flexibility index (Phi) is 5.23. The van der Waals surface area contributed by atoms with E-state index in [1.165, 1.54) is 18.2 Å². The molecule has 0 radical (unpaired) electrons. The molecule has 8 nitrogen and oxygen atoms in total. The van der Waals surface area contributed by atoms with E-state index >= 15 is 0 Å². The van der Waals surface area contributed by atoms with Crippen molar-refractivity contribution in [1.82, 2.24) is 5.32 Å². The number of rotatable bonds is 6. The zero-order chi connectivity index (χ0) is 18.6. The Bertz CT molecular complexity index is 845. The van der Waals surface area contributed by atoms with Gasteiger partial charge in [0.05, 0.1) is 17.5 Å². The largest absolute Gasteiger partial charge is 0.508 e. The molecule has 0 spiro atoms. The second kappa shape index (κ2) is 7.35. The van der Waals surface area contributed by atoms with E-state index in [1.807, 2.05) is 0 Å². The van der Waals surface area contributed by atoms with Crippen LogP contribution in [-0.4, -0.2) is 38.3 Å². The third-order valence-corrected chi connectivity index (χ3v) is 3.41. The first kappa shape index (κ1) is 17.8. The van der Waals surface area contributed by atoms with Gasteiger partial charge >= 0.3 is 11.9 Å². The number of carbonyl (C=O) groups excluding carboxylic acids is 1. The average Bonchev–Trinajstić information content (AvgIpc) is 2.55. The molecule has 0 aliphatic rings. The Labute approximate surface area is 142 Å². The lowest BCUT2D eigenvalue weighted by molar-refractivity contribution is -0.136. The molecule has 130 valence electrons. The van der Waals surface area contributed by atoms with Gasteiger partial charge in [0.2, 0.25) is 0 Å². The molecule has 5 N–H and O–H groups in total. The smallest absolute Gasteiger partial charge is 0.335 e. The molecular weight excluding hydrogens is 330 g/mol. The van der Waals surface area contributed by atoms with Gasteiger partial charge in [0, 0.05) is 12.1 Å². The summed E-state index contributed by atoms with van der Waals surface area (Å²) < 4.78 is 0. The Hall–Kier alpha value is -3.55. The number of carboxylic acid groups (broad SMARTS) is 2. The molecule has 2 aromatic rings. The highest BCUT2D eigenvalue weighted by atomic mass is 16.4. The van der Waals surface area contributed by atoms with Crippen molar-refractivity contribution in [2.45, 2.75) is 13.0 Å². The van der Waals surface area contributed by atoms with Crippen molar-refractivity contribution in [2.75, 3.05) is 0 Å². The highest BCUT2D eigenvalue weighted by Gasteiger charge is 2.16. The minimum absolute atomic E-state index is 0.0109. The van der Waals surface area contributed by atoms with E-state index in [2.05, 4.69) is 5.32 Å². The summed E-state index contributed by atoms with van der Waals surface area (Å²) >= 11 is 0. The van der Waals surface area contributed by atoms with Gasteiger partial charge in [-0.1, -0.05) is 12.1 Å². The van der Waals surface area contributed by atoms with Crippen LogP contribution in [0, 0.1) is 0 Å². The Balaban J connectivity index is 2.13. The van der Waals surface area contributed by atoms with Crippen LogP contribution in [0.15, 0.2) is 36.4 Å². The van der Waals surface area contributed by atoms with E-state index in [9.17, 15) is 24.6 Å². The average molecular weight is 345 g/mol. The van der Waals surface area contributed by atoms with Crippen molar-refractivity contribution in [3.8, 4) is 11.5 Å². The van der Waals surface area contributed by atoms with Gasteiger partial charge in [-0.05, 0) is 29.8 Å². The van der Waals surface area contributed by atoms with E-state index in [0.717, 1.165) is 12.1 Å². The fourth-order valence-electron chi connectivity index (χ4n) is 2.20. The second-order valence-electron chi connectivity index (χ2n) is 5.26. The summed E-state index contributed by atoms with van der Waals surface area (Å²) in [5.74, 6) is -3.87. The number of amides is 1. The number of phenolic OH excluding ortho intramolecular Hbond substituents is 2. The van der Waals surface area contributed by atoms with Crippen LogP contribution in [0.5, 0.6) is 11.5 Å². The highest BCUT2D eigenvalue weighted by molar-refractivity contribution is 5.97. The summed E-state index contributed by atoms with van der Waals surface area (Å²) in [5.41, 5.74) is 0.376. The standard InChI is InChI=1S/C17H15NO7/c19-13-7-12(14(20)5-11(13)6-15(21)22)16(23)18-8-9-2-1-3-10(4-9)17(24)25/h1-5,7,19-20H,6,8H2,(H,18,23)(H,21,22)(H,24,25). The number of aromatic carboxylic acids is 1. The lowest BCUT2D eigenvalue weighted by Gasteiger charge is -2.10. The molecule has 0 saturated carbocycles. The molecule has 0 aliphatic heterocycles. The summed E-state index contributed by atoms with van der Waals surface area (Å²) in [5, 5.41) is 39.8. The fourth-order valence-corrected chi connectivity index (χ4v) is 2.20.